The maximum absolute atomic E-state index is 12.8. The molecule has 0 saturated carbocycles. The lowest BCUT2D eigenvalue weighted by Gasteiger charge is -2.30. The van der Waals surface area contributed by atoms with Crippen LogP contribution in [0.5, 0.6) is 5.75 Å². The molecule has 0 aliphatic carbocycles. The van der Waals surface area contributed by atoms with Gasteiger partial charge in [-0.25, -0.2) is 9.59 Å². The Morgan fingerprint density at radius 1 is 0.839 bits per heavy atom. The average Bonchev–Trinajstić information content (AvgIpc) is 2.73. The number of hydrogen-bond acceptors (Lipinski definition) is 6. The van der Waals surface area contributed by atoms with Crippen molar-refractivity contribution in [2.45, 2.75) is 66.2 Å². The van der Waals surface area contributed by atoms with Gasteiger partial charge in [0.1, 0.15) is 5.75 Å². The minimum atomic E-state index is -0.571. The van der Waals surface area contributed by atoms with Crippen LogP contribution in [0.1, 0.15) is 71.8 Å². The van der Waals surface area contributed by atoms with Crippen LogP contribution >= 0.6 is 0 Å². The lowest BCUT2D eigenvalue weighted by Crippen LogP contribution is -2.32. The predicted octanol–water partition coefficient (Wildman–Crippen LogP) is 5.01. The first-order valence-corrected chi connectivity index (χ1v) is 11.2. The van der Waals surface area contributed by atoms with E-state index in [0.717, 1.165) is 24.2 Å². The highest BCUT2D eigenvalue weighted by Gasteiger charge is 2.37. The molecule has 0 fully saturated rings. The van der Waals surface area contributed by atoms with Crippen LogP contribution in [0, 0.1) is 0 Å². The third-order valence-electron chi connectivity index (χ3n) is 5.23. The summed E-state index contributed by atoms with van der Waals surface area (Å²) in [5.41, 5.74) is 2.99. The van der Waals surface area contributed by atoms with Crippen molar-refractivity contribution in [3.63, 3.8) is 0 Å². The van der Waals surface area contributed by atoms with Crippen LogP contribution in [-0.4, -0.2) is 31.8 Å². The van der Waals surface area contributed by atoms with Crippen LogP contribution in [0.2, 0.25) is 0 Å². The van der Waals surface area contributed by atoms with Gasteiger partial charge in [0.25, 0.3) is 0 Å². The Morgan fingerprint density at radius 2 is 1.39 bits per heavy atom. The summed E-state index contributed by atoms with van der Waals surface area (Å²) < 4.78 is 16.4. The predicted molar refractivity (Wildman–Crippen MR) is 121 cm³/mol. The number of nitrogens with one attached hydrogen (secondary N) is 1. The number of allylic oxidation sites excluding steroid dienone is 2. The summed E-state index contributed by atoms with van der Waals surface area (Å²) in [6.45, 7) is 10.5. The van der Waals surface area contributed by atoms with E-state index in [4.69, 9.17) is 14.2 Å². The first kappa shape index (κ1) is 24.5. The largest absolute Gasteiger partial charge is 0.494 e. The van der Waals surface area contributed by atoms with Crippen LogP contribution in [0.3, 0.4) is 0 Å². The molecule has 0 spiro atoms. The molecule has 0 aromatic heterocycles. The van der Waals surface area contributed by atoms with E-state index in [0.29, 0.717) is 29.1 Å². The molecule has 0 unspecified atom stereocenters. The fraction of sp³-hybridized carbons (Fsp3) is 0.520. The lowest BCUT2D eigenvalue weighted by atomic mass is 9.80. The summed E-state index contributed by atoms with van der Waals surface area (Å²) in [5.74, 6) is -0.685. The number of benzene rings is 1. The van der Waals surface area contributed by atoms with Gasteiger partial charge >= 0.3 is 11.9 Å². The number of carbonyl (C=O) groups is 2. The Balaban J connectivity index is 2.34. The van der Waals surface area contributed by atoms with Crippen molar-refractivity contribution >= 4 is 11.9 Å². The molecule has 1 N–H and O–H groups in total. The quantitative estimate of drug-likeness (QED) is 0.394. The molecular weight excluding hydrogens is 394 g/mol. The maximum Gasteiger partial charge on any atom is 0.336 e. The van der Waals surface area contributed by atoms with Crippen molar-refractivity contribution in [1.29, 1.82) is 0 Å². The summed E-state index contributed by atoms with van der Waals surface area (Å²) in [6.07, 6.45) is 4.58. The number of esters is 2. The number of hydrogen-bond donors (Lipinski definition) is 1. The van der Waals surface area contributed by atoms with E-state index >= 15 is 0 Å². The Bertz CT molecular complexity index is 783. The van der Waals surface area contributed by atoms with E-state index < -0.39 is 17.9 Å². The topological polar surface area (TPSA) is 73.9 Å². The summed E-state index contributed by atoms with van der Waals surface area (Å²) in [4.78, 5) is 25.6. The van der Waals surface area contributed by atoms with Gasteiger partial charge in [0, 0.05) is 11.4 Å². The van der Waals surface area contributed by atoms with Crippen molar-refractivity contribution in [1.82, 2.24) is 5.32 Å². The van der Waals surface area contributed by atoms with Gasteiger partial charge < -0.3 is 19.5 Å². The van der Waals surface area contributed by atoms with E-state index in [1.165, 1.54) is 12.8 Å². The van der Waals surface area contributed by atoms with Crippen molar-refractivity contribution in [3.05, 3.63) is 52.4 Å². The Kier molecular flexibility index (Phi) is 9.63. The number of dihydropyridines is 1. The van der Waals surface area contributed by atoms with E-state index in [1.54, 1.807) is 13.8 Å². The van der Waals surface area contributed by atoms with E-state index in [2.05, 4.69) is 12.2 Å². The van der Waals surface area contributed by atoms with Crippen LogP contribution in [-0.2, 0) is 19.1 Å². The summed E-state index contributed by atoms with van der Waals surface area (Å²) in [6, 6.07) is 7.56. The highest BCUT2D eigenvalue weighted by Crippen LogP contribution is 2.39. The highest BCUT2D eigenvalue weighted by atomic mass is 16.5. The molecule has 0 saturated heterocycles. The molecule has 1 heterocycles. The monoisotopic (exact) mass is 429 g/mol. The van der Waals surface area contributed by atoms with E-state index in [1.807, 2.05) is 38.1 Å². The fourth-order valence-corrected chi connectivity index (χ4v) is 3.76. The molecule has 1 aliphatic rings. The molecule has 0 radical (unpaired) electrons. The average molecular weight is 430 g/mol. The van der Waals surface area contributed by atoms with Crippen LogP contribution in [0.4, 0.5) is 0 Å². The van der Waals surface area contributed by atoms with Gasteiger partial charge in [-0.2, -0.15) is 0 Å². The second-order valence-electron chi connectivity index (χ2n) is 7.55. The molecule has 6 nitrogen and oxygen atoms in total. The zero-order valence-corrected chi connectivity index (χ0v) is 19.4. The second kappa shape index (κ2) is 12.2. The van der Waals surface area contributed by atoms with Crippen LogP contribution < -0.4 is 10.1 Å². The zero-order chi connectivity index (χ0) is 22.8. The number of carbonyl (C=O) groups excluding carboxylic acids is 2. The first-order chi connectivity index (χ1) is 14.9. The summed E-state index contributed by atoms with van der Waals surface area (Å²) >= 11 is 0. The smallest absolute Gasteiger partial charge is 0.336 e. The van der Waals surface area contributed by atoms with Gasteiger partial charge in [-0.05, 0) is 51.8 Å². The van der Waals surface area contributed by atoms with Crippen LogP contribution in [0.15, 0.2) is 46.8 Å². The minimum Gasteiger partial charge on any atom is -0.494 e. The zero-order valence-electron chi connectivity index (χ0n) is 19.4. The standard InChI is InChI=1S/C25H35NO5/c1-6-9-10-11-16-31-20-14-12-19(13-15-20)23-21(24(27)29-7-2)17(4)26-18(5)22(23)25(28)30-8-3/h12-15,23,26H,6-11,16H2,1-5H3. The number of rotatable bonds is 11. The molecule has 0 amide bonds. The molecule has 0 atom stereocenters. The lowest BCUT2D eigenvalue weighted by molar-refractivity contribution is -0.139. The third-order valence-corrected chi connectivity index (χ3v) is 5.23. The third kappa shape index (κ3) is 6.36. The minimum absolute atomic E-state index is 0.255. The fourth-order valence-electron chi connectivity index (χ4n) is 3.76. The molecule has 6 heteroatoms. The van der Waals surface area contributed by atoms with Gasteiger partial charge in [-0.15, -0.1) is 0 Å². The van der Waals surface area contributed by atoms with E-state index in [-0.39, 0.29) is 13.2 Å². The number of unbranched alkanes of at least 4 members (excludes halogenated alkanes) is 3. The Morgan fingerprint density at radius 3 is 1.87 bits per heavy atom. The molecule has 170 valence electrons. The Labute approximate surface area is 185 Å². The SMILES string of the molecule is CCCCCCOc1ccc(C2C(C(=O)OCC)=C(C)NC(C)=C2C(=O)OCC)cc1. The second-order valence-corrected chi connectivity index (χ2v) is 7.55. The molecule has 31 heavy (non-hydrogen) atoms. The highest BCUT2D eigenvalue weighted by molar-refractivity contribution is 5.99. The van der Waals surface area contributed by atoms with Gasteiger partial charge in [0.2, 0.25) is 0 Å². The summed E-state index contributed by atoms with van der Waals surface area (Å²) in [5, 5.41) is 3.15. The van der Waals surface area contributed by atoms with Gasteiger partial charge in [-0.1, -0.05) is 38.3 Å². The van der Waals surface area contributed by atoms with Crippen LogP contribution in [0.25, 0.3) is 0 Å². The first-order valence-electron chi connectivity index (χ1n) is 11.2. The maximum atomic E-state index is 12.8. The Hall–Kier alpha value is -2.76. The van der Waals surface area contributed by atoms with Gasteiger partial charge in [-0.3, -0.25) is 0 Å². The summed E-state index contributed by atoms with van der Waals surface area (Å²) in [7, 11) is 0. The number of ether oxygens (including phenoxy) is 3. The molecule has 2 rings (SSSR count). The molecular formula is C25H35NO5. The molecule has 1 aromatic carbocycles. The molecule has 1 aromatic rings. The normalized spacial score (nSPS) is 14.4. The van der Waals surface area contributed by atoms with Crippen molar-refractivity contribution in [3.8, 4) is 5.75 Å². The van der Waals surface area contributed by atoms with Gasteiger partial charge in [0.05, 0.1) is 36.9 Å². The van der Waals surface area contributed by atoms with Crippen molar-refractivity contribution < 1.29 is 23.8 Å². The van der Waals surface area contributed by atoms with Crippen molar-refractivity contribution in [2.24, 2.45) is 0 Å². The van der Waals surface area contributed by atoms with Gasteiger partial charge in [0.15, 0.2) is 0 Å². The molecule has 0 bridgehead atoms. The van der Waals surface area contributed by atoms with Crippen molar-refractivity contribution in [2.75, 3.05) is 19.8 Å². The van der Waals surface area contributed by atoms with E-state index in [9.17, 15) is 9.59 Å². The molecule has 1 aliphatic heterocycles.